The molecule has 0 saturated carbocycles. The zero-order valence-corrected chi connectivity index (χ0v) is 10.5. The van der Waals surface area contributed by atoms with Gasteiger partial charge >= 0.3 is 0 Å². The zero-order valence-electron chi connectivity index (χ0n) is 9.71. The van der Waals surface area contributed by atoms with Crippen molar-refractivity contribution in [2.24, 2.45) is 0 Å². The lowest BCUT2D eigenvalue weighted by molar-refractivity contribution is 0.187. The van der Waals surface area contributed by atoms with Gasteiger partial charge in [-0.05, 0) is 20.8 Å². The van der Waals surface area contributed by atoms with E-state index in [4.69, 9.17) is 0 Å². The lowest BCUT2D eigenvalue weighted by atomic mass is 10.2. The van der Waals surface area contributed by atoms with Crippen LogP contribution < -0.4 is 5.32 Å². The molecule has 1 aromatic heterocycles. The average Bonchev–Trinajstić information content (AvgIpc) is 2.58. The Morgan fingerprint density at radius 1 is 1.33 bits per heavy atom. The maximum atomic E-state index is 4.50. The van der Waals surface area contributed by atoms with Crippen molar-refractivity contribution in [3.8, 4) is 0 Å². The van der Waals surface area contributed by atoms with Gasteiger partial charge in [0.1, 0.15) is 0 Å². The van der Waals surface area contributed by atoms with E-state index in [2.05, 4.69) is 36.0 Å². The van der Waals surface area contributed by atoms with Crippen LogP contribution in [0.3, 0.4) is 0 Å². The summed E-state index contributed by atoms with van der Waals surface area (Å²) in [6.07, 6.45) is 0. The number of hydrogen-bond acceptors (Lipinski definition) is 4. The van der Waals surface area contributed by atoms with E-state index in [1.807, 2.05) is 11.3 Å². The molecule has 3 nitrogen and oxygen atoms in total. The van der Waals surface area contributed by atoms with Crippen molar-refractivity contribution >= 4 is 11.3 Å². The maximum Gasteiger partial charge on any atom is 0.0900 e. The van der Waals surface area contributed by atoms with Crippen LogP contribution in [0.5, 0.6) is 0 Å². The number of thiazole rings is 1. The molecule has 1 aromatic rings. The van der Waals surface area contributed by atoms with Crippen LogP contribution in [0.2, 0.25) is 0 Å². The fourth-order valence-electron chi connectivity index (χ4n) is 2.17. The molecule has 2 rings (SSSR count). The van der Waals surface area contributed by atoms with Crippen LogP contribution in [-0.4, -0.2) is 36.1 Å². The Labute approximate surface area is 95.5 Å². The van der Waals surface area contributed by atoms with Gasteiger partial charge in [0.05, 0.1) is 10.7 Å². The van der Waals surface area contributed by atoms with Gasteiger partial charge in [-0.1, -0.05) is 0 Å². The van der Waals surface area contributed by atoms with Crippen LogP contribution in [-0.2, 0) is 0 Å². The second kappa shape index (κ2) is 4.60. The molecule has 0 aromatic carbocycles. The van der Waals surface area contributed by atoms with Crippen molar-refractivity contribution in [3.05, 3.63) is 15.6 Å². The molecule has 1 fully saturated rings. The summed E-state index contributed by atoms with van der Waals surface area (Å²) >= 11 is 1.84. The fourth-order valence-corrected chi connectivity index (χ4v) is 3.18. The van der Waals surface area contributed by atoms with E-state index in [9.17, 15) is 0 Å². The van der Waals surface area contributed by atoms with Crippen molar-refractivity contribution in [2.75, 3.05) is 26.2 Å². The van der Waals surface area contributed by atoms with Gasteiger partial charge in [-0.3, -0.25) is 4.90 Å². The van der Waals surface area contributed by atoms with E-state index in [1.54, 1.807) is 0 Å². The van der Waals surface area contributed by atoms with Crippen molar-refractivity contribution in [3.63, 3.8) is 0 Å². The molecule has 0 aliphatic carbocycles. The maximum absolute atomic E-state index is 4.50. The fraction of sp³-hybridized carbons (Fsp3) is 0.727. The van der Waals surface area contributed by atoms with Gasteiger partial charge in [0, 0.05) is 37.1 Å². The number of aromatic nitrogens is 1. The van der Waals surface area contributed by atoms with Crippen molar-refractivity contribution in [1.29, 1.82) is 0 Å². The molecular formula is C11H19N3S. The Hall–Kier alpha value is -0.450. The summed E-state index contributed by atoms with van der Waals surface area (Å²) in [7, 11) is 0. The van der Waals surface area contributed by atoms with Crippen molar-refractivity contribution in [2.45, 2.75) is 26.8 Å². The SMILES string of the molecule is Cc1nc(C)c(C(C)N2CCNCC2)s1. The van der Waals surface area contributed by atoms with Crippen LogP contribution in [0.1, 0.15) is 28.5 Å². The number of rotatable bonds is 2. The summed E-state index contributed by atoms with van der Waals surface area (Å²) in [4.78, 5) is 8.48. The Bertz CT molecular complexity index is 329. The van der Waals surface area contributed by atoms with Gasteiger partial charge in [0.25, 0.3) is 0 Å². The standard InChI is InChI=1S/C11H19N3S/c1-8-11(15-10(3)13-8)9(2)14-6-4-12-5-7-14/h9,12H,4-7H2,1-3H3. The molecule has 15 heavy (non-hydrogen) atoms. The Balaban J connectivity index is 2.12. The third-order valence-corrected chi connectivity index (χ3v) is 4.26. The first kappa shape index (κ1) is 11.0. The number of nitrogens with zero attached hydrogens (tertiary/aromatic N) is 2. The van der Waals surface area contributed by atoms with Crippen LogP contribution in [0.15, 0.2) is 0 Å². The quantitative estimate of drug-likeness (QED) is 0.831. The third-order valence-electron chi connectivity index (χ3n) is 3.02. The molecule has 1 aliphatic heterocycles. The average molecular weight is 225 g/mol. The number of nitrogens with one attached hydrogen (secondary N) is 1. The molecule has 1 N–H and O–H groups in total. The van der Waals surface area contributed by atoms with Gasteiger partial charge < -0.3 is 5.32 Å². The van der Waals surface area contributed by atoms with E-state index in [0.29, 0.717) is 6.04 Å². The molecule has 1 atom stereocenters. The molecule has 1 saturated heterocycles. The Morgan fingerprint density at radius 3 is 2.53 bits per heavy atom. The van der Waals surface area contributed by atoms with Crippen molar-refractivity contribution < 1.29 is 0 Å². The smallest absolute Gasteiger partial charge is 0.0900 e. The van der Waals surface area contributed by atoms with E-state index < -0.39 is 0 Å². The van der Waals surface area contributed by atoms with Gasteiger partial charge in [-0.25, -0.2) is 4.98 Å². The number of hydrogen-bond donors (Lipinski definition) is 1. The lowest BCUT2D eigenvalue weighted by Gasteiger charge is -2.32. The molecule has 4 heteroatoms. The van der Waals surface area contributed by atoms with Crippen LogP contribution in [0.25, 0.3) is 0 Å². The van der Waals surface area contributed by atoms with Gasteiger partial charge in [-0.15, -0.1) is 11.3 Å². The number of piperazine rings is 1. The van der Waals surface area contributed by atoms with E-state index >= 15 is 0 Å². The molecule has 84 valence electrons. The molecule has 1 unspecified atom stereocenters. The first-order chi connectivity index (χ1) is 7.18. The number of aryl methyl sites for hydroxylation is 2. The van der Waals surface area contributed by atoms with Crippen LogP contribution >= 0.6 is 11.3 Å². The van der Waals surface area contributed by atoms with Crippen LogP contribution in [0, 0.1) is 13.8 Å². The summed E-state index contributed by atoms with van der Waals surface area (Å²) in [5.74, 6) is 0. The third kappa shape index (κ3) is 2.38. The second-order valence-corrected chi connectivity index (χ2v) is 5.38. The minimum Gasteiger partial charge on any atom is -0.314 e. The molecule has 0 bridgehead atoms. The minimum absolute atomic E-state index is 0.526. The summed E-state index contributed by atoms with van der Waals surface area (Å²) < 4.78 is 0. The van der Waals surface area contributed by atoms with E-state index in [0.717, 1.165) is 26.2 Å². The van der Waals surface area contributed by atoms with Gasteiger partial charge in [-0.2, -0.15) is 0 Å². The van der Waals surface area contributed by atoms with E-state index in [-0.39, 0.29) is 0 Å². The van der Waals surface area contributed by atoms with Gasteiger partial charge in [0.15, 0.2) is 0 Å². The summed E-state index contributed by atoms with van der Waals surface area (Å²) in [6.45, 7) is 11.0. The minimum atomic E-state index is 0.526. The topological polar surface area (TPSA) is 28.2 Å². The second-order valence-electron chi connectivity index (χ2n) is 4.14. The predicted molar refractivity (Wildman–Crippen MR) is 64.4 cm³/mol. The lowest BCUT2D eigenvalue weighted by Crippen LogP contribution is -2.44. The molecule has 2 heterocycles. The Morgan fingerprint density at radius 2 is 2.00 bits per heavy atom. The molecule has 1 aliphatic rings. The summed E-state index contributed by atoms with van der Waals surface area (Å²) in [6, 6.07) is 0.526. The molecular weight excluding hydrogens is 206 g/mol. The van der Waals surface area contributed by atoms with Crippen molar-refractivity contribution in [1.82, 2.24) is 15.2 Å². The predicted octanol–water partition coefficient (Wildman–Crippen LogP) is 1.73. The first-order valence-corrected chi connectivity index (χ1v) is 6.39. The molecule has 0 amide bonds. The Kier molecular flexibility index (Phi) is 3.38. The highest BCUT2D eigenvalue weighted by Gasteiger charge is 2.21. The summed E-state index contributed by atoms with van der Waals surface area (Å²) in [5, 5.41) is 4.57. The molecule has 0 spiro atoms. The normalized spacial score (nSPS) is 20.5. The van der Waals surface area contributed by atoms with E-state index in [1.165, 1.54) is 15.6 Å². The first-order valence-electron chi connectivity index (χ1n) is 5.57. The molecule has 0 radical (unpaired) electrons. The highest BCUT2D eigenvalue weighted by Crippen LogP contribution is 2.28. The zero-order chi connectivity index (χ0) is 10.8. The highest BCUT2D eigenvalue weighted by molar-refractivity contribution is 7.11. The monoisotopic (exact) mass is 225 g/mol. The largest absolute Gasteiger partial charge is 0.314 e. The van der Waals surface area contributed by atoms with Gasteiger partial charge in [0.2, 0.25) is 0 Å². The van der Waals surface area contributed by atoms with Crippen LogP contribution in [0.4, 0.5) is 0 Å². The highest BCUT2D eigenvalue weighted by atomic mass is 32.1. The summed E-state index contributed by atoms with van der Waals surface area (Å²) in [5.41, 5.74) is 1.21.